The molecule has 3 rings (SSSR count). The van der Waals surface area contributed by atoms with Crippen LogP contribution >= 0.6 is 22.9 Å². The number of carbonyl (C=O) groups is 2. The van der Waals surface area contributed by atoms with Crippen molar-refractivity contribution in [1.82, 2.24) is 4.98 Å². The number of hydrogen-bond donors (Lipinski definition) is 1. The van der Waals surface area contributed by atoms with Gasteiger partial charge in [0.1, 0.15) is 5.52 Å². The van der Waals surface area contributed by atoms with Gasteiger partial charge in [0.15, 0.2) is 5.13 Å². The summed E-state index contributed by atoms with van der Waals surface area (Å²) in [6, 6.07) is 12.0. The highest BCUT2D eigenvalue weighted by molar-refractivity contribution is 7.22. The maximum Gasteiger partial charge on any atom is 0.337 e. The lowest BCUT2D eigenvalue weighted by Crippen LogP contribution is -3.06. The van der Waals surface area contributed by atoms with Crippen LogP contribution in [0.2, 0.25) is 5.02 Å². The predicted octanol–water partition coefficient (Wildman–Crippen LogP) is 2.53. The van der Waals surface area contributed by atoms with E-state index >= 15 is 0 Å². The smallest absolute Gasteiger partial charge is 0.337 e. The monoisotopic (exact) mass is 418 g/mol. The van der Waals surface area contributed by atoms with Gasteiger partial charge in [-0.05, 0) is 36.4 Å². The lowest BCUT2D eigenvalue weighted by Gasteiger charge is -2.20. The third-order valence-corrected chi connectivity index (χ3v) is 5.57. The molecule has 0 radical (unpaired) electrons. The molecule has 3 aromatic rings. The van der Waals surface area contributed by atoms with Crippen LogP contribution in [0.15, 0.2) is 42.5 Å². The van der Waals surface area contributed by atoms with E-state index in [2.05, 4.69) is 4.98 Å². The average Bonchev–Trinajstić information content (AvgIpc) is 3.12. The summed E-state index contributed by atoms with van der Waals surface area (Å²) < 4.78 is 5.63. The number of carbonyl (C=O) groups excluding carboxylic acids is 2. The van der Waals surface area contributed by atoms with E-state index in [1.807, 2.05) is 26.2 Å². The van der Waals surface area contributed by atoms with E-state index in [0.29, 0.717) is 33.3 Å². The summed E-state index contributed by atoms with van der Waals surface area (Å²) in [6.45, 7) is 1.27. The second-order valence-corrected chi connectivity index (χ2v) is 7.98. The molecule has 0 aliphatic rings. The topological polar surface area (TPSA) is 63.9 Å². The maximum absolute atomic E-state index is 13.2. The van der Waals surface area contributed by atoms with Gasteiger partial charge in [-0.3, -0.25) is 9.69 Å². The molecule has 0 fully saturated rings. The number of para-hydroxylation sites is 1. The fourth-order valence-electron chi connectivity index (χ4n) is 2.66. The van der Waals surface area contributed by atoms with Crippen LogP contribution < -0.4 is 9.80 Å². The number of methoxy groups -OCH3 is 1. The number of ether oxygens (including phenoxy) is 1. The molecule has 28 heavy (non-hydrogen) atoms. The first-order chi connectivity index (χ1) is 13.4. The van der Waals surface area contributed by atoms with Crippen LogP contribution in [0, 0.1) is 0 Å². The zero-order valence-corrected chi connectivity index (χ0v) is 17.4. The molecular formula is C20H21ClN3O3S+. The third-order valence-electron chi connectivity index (χ3n) is 4.22. The fraction of sp³-hybridized carbons (Fsp3) is 0.250. The zero-order chi connectivity index (χ0) is 20.3. The minimum absolute atomic E-state index is 0.173. The second kappa shape index (κ2) is 8.68. The van der Waals surface area contributed by atoms with Crippen molar-refractivity contribution in [3.63, 3.8) is 0 Å². The van der Waals surface area contributed by atoms with Gasteiger partial charge in [0.2, 0.25) is 0 Å². The minimum Gasteiger partial charge on any atom is -0.465 e. The Morgan fingerprint density at radius 1 is 1.14 bits per heavy atom. The van der Waals surface area contributed by atoms with Crippen molar-refractivity contribution in [2.45, 2.75) is 0 Å². The number of likely N-dealkylation sites (N-methyl/N-ethyl adjacent to an activating group) is 1. The summed E-state index contributed by atoms with van der Waals surface area (Å²) in [4.78, 5) is 32.3. The molecule has 1 N–H and O–H groups in total. The number of thiazole rings is 1. The first-order valence-electron chi connectivity index (χ1n) is 8.75. The summed E-state index contributed by atoms with van der Waals surface area (Å²) in [7, 11) is 5.39. The predicted molar refractivity (Wildman–Crippen MR) is 112 cm³/mol. The average molecular weight is 419 g/mol. The standard InChI is InChI=1S/C20H20ClN3O3S/c1-23(2)11-12-24(20-22-17-15(21)5-4-6-16(17)28-20)18(25)13-7-9-14(10-8-13)19(26)27-3/h4-10H,11-12H2,1-3H3/p+1. The Balaban J connectivity index is 1.95. The van der Waals surface area contributed by atoms with Crippen LogP contribution in [0.5, 0.6) is 0 Å². The highest BCUT2D eigenvalue weighted by Gasteiger charge is 2.23. The van der Waals surface area contributed by atoms with Crippen LogP contribution in [0.3, 0.4) is 0 Å². The Labute approximate surface area is 172 Å². The molecule has 0 bridgehead atoms. The number of amides is 1. The lowest BCUT2D eigenvalue weighted by molar-refractivity contribution is -0.856. The molecule has 1 heterocycles. The Kier molecular flexibility index (Phi) is 6.28. The van der Waals surface area contributed by atoms with E-state index in [-0.39, 0.29) is 5.91 Å². The third kappa shape index (κ3) is 4.32. The van der Waals surface area contributed by atoms with Gasteiger partial charge in [-0.2, -0.15) is 0 Å². The Hall–Kier alpha value is -2.48. The summed E-state index contributed by atoms with van der Waals surface area (Å²) in [5, 5.41) is 1.17. The molecule has 1 aromatic heterocycles. The molecule has 0 saturated carbocycles. The number of rotatable bonds is 6. The van der Waals surface area contributed by atoms with Gasteiger partial charge in [0, 0.05) is 5.56 Å². The van der Waals surface area contributed by atoms with Gasteiger partial charge in [-0.25, -0.2) is 9.78 Å². The van der Waals surface area contributed by atoms with Gasteiger partial charge in [0.25, 0.3) is 5.91 Å². The fourth-order valence-corrected chi connectivity index (χ4v) is 3.95. The Morgan fingerprint density at radius 2 is 1.82 bits per heavy atom. The SMILES string of the molecule is COC(=O)c1ccc(C(=O)N(CC[NH+](C)C)c2nc3c(Cl)cccc3s2)cc1. The second-order valence-electron chi connectivity index (χ2n) is 6.57. The molecule has 8 heteroatoms. The van der Waals surface area contributed by atoms with Crippen LogP contribution in [-0.4, -0.2) is 51.2 Å². The van der Waals surface area contributed by atoms with E-state index in [4.69, 9.17) is 16.3 Å². The summed E-state index contributed by atoms with van der Waals surface area (Å²) >= 11 is 7.68. The summed E-state index contributed by atoms with van der Waals surface area (Å²) in [5.74, 6) is -0.610. The molecule has 2 aromatic carbocycles. The number of quaternary nitrogens is 1. The van der Waals surface area contributed by atoms with Crippen molar-refractivity contribution < 1.29 is 19.2 Å². The van der Waals surface area contributed by atoms with E-state index in [1.165, 1.54) is 23.3 Å². The van der Waals surface area contributed by atoms with E-state index < -0.39 is 5.97 Å². The first kappa shape index (κ1) is 20.3. The number of esters is 1. The highest BCUT2D eigenvalue weighted by Crippen LogP contribution is 2.33. The van der Waals surface area contributed by atoms with Crippen molar-refractivity contribution in [2.75, 3.05) is 39.2 Å². The molecule has 6 nitrogen and oxygen atoms in total. The van der Waals surface area contributed by atoms with E-state index in [0.717, 1.165) is 11.2 Å². The van der Waals surface area contributed by atoms with Gasteiger partial charge < -0.3 is 9.64 Å². The molecule has 0 saturated heterocycles. The van der Waals surface area contributed by atoms with Crippen molar-refractivity contribution in [3.8, 4) is 0 Å². The number of benzene rings is 2. The number of fused-ring (bicyclic) bond motifs is 1. The van der Waals surface area contributed by atoms with Crippen molar-refractivity contribution in [1.29, 1.82) is 0 Å². The van der Waals surface area contributed by atoms with Crippen molar-refractivity contribution >= 4 is 50.2 Å². The van der Waals surface area contributed by atoms with Gasteiger partial charge in [0.05, 0.1) is 49.6 Å². The molecule has 0 spiro atoms. The minimum atomic E-state index is -0.437. The number of nitrogens with one attached hydrogen (secondary N) is 1. The van der Waals surface area contributed by atoms with E-state index in [9.17, 15) is 9.59 Å². The quantitative estimate of drug-likeness (QED) is 0.625. The number of halogens is 1. The van der Waals surface area contributed by atoms with Gasteiger partial charge >= 0.3 is 5.97 Å². The molecule has 146 valence electrons. The van der Waals surface area contributed by atoms with E-state index in [1.54, 1.807) is 35.2 Å². The summed E-state index contributed by atoms with van der Waals surface area (Å²) in [6.07, 6.45) is 0. The lowest BCUT2D eigenvalue weighted by atomic mass is 10.1. The van der Waals surface area contributed by atoms with Gasteiger partial charge in [-0.15, -0.1) is 0 Å². The molecule has 0 unspecified atom stereocenters. The number of anilines is 1. The summed E-state index contributed by atoms with van der Waals surface area (Å²) in [5.41, 5.74) is 1.57. The van der Waals surface area contributed by atoms with Crippen LogP contribution in [0.1, 0.15) is 20.7 Å². The number of hydrogen-bond acceptors (Lipinski definition) is 5. The normalized spacial score (nSPS) is 11.0. The molecular weight excluding hydrogens is 398 g/mol. The largest absolute Gasteiger partial charge is 0.465 e. The Morgan fingerprint density at radius 3 is 2.43 bits per heavy atom. The van der Waals surface area contributed by atoms with Crippen LogP contribution in [-0.2, 0) is 4.74 Å². The highest BCUT2D eigenvalue weighted by atomic mass is 35.5. The van der Waals surface area contributed by atoms with Crippen molar-refractivity contribution in [3.05, 3.63) is 58.6 Å². The molecule has 0 atom stereocenters. The molecule has 1 amide bonds. The zero-order valence-electron chi connectivity index (χ0n) is 15.9. The van der Waals surface area contributed by atoms with Gasteiger partial charge in [-0.1, -0.05) is 29.0 Å². The number of nitrogens with zero attached hydrogens (tertiary/aromatic N) is 2. The number of aromatic nitrogens is 1. The first-order valence-corrected chi connectivity index (χ1v) is 9.94. The van der Waals surface area contributed by atoms with Crippen LogP contribution in [0.4, 0.5) is 5.13 Å². The van der Waals surface area contributed by atoms with Crippen molar-refractivity contribution in [2.24, 2.45) is 0 Å². The molecule has 0 aliphatic carbocycles. The molecule has 0 aliphatic heterocycles. The maximum atomic E-state index is 13.2. The Bertz CT molecular complexity index is 1000. The van der Waals surface area contributed by atoms with Crippen LogP contribution in [0.25, 0.3) is 10.2 Å².